The summed E-state index contributed by atoms with van der Waals surface area (Å²) >= 11 is 0. The van der Waals surface area contributed by atoms with Crippen LogP contribution in [0.2, 0.25) is 0 Å². The van der Waals surface area contributed by atoms with E-state index >= 15 is 0 Å². The van der Waals surface area contributed by atoms with Crippen molar-refractivity contribution in [2.45, 2.75) is 44.2 Å². The molecule has 1 heterocycles. The lowest BCUT2D eigenvalue weighted by atomic mass is 10.1. The minimum Gasteiger partial charge on any atom is -0.493 e. The SMILES string of the molecule is COc1ccc(CCN(Cc2ccco2)C(=O)CN(C(C)(C)C)S(=O)(=O)c2ccccc2)cc1OC. The summed E-state index contributed by atoms with van der Waals surface area (Å²) < 4.78 is 44.4. The van der Waals surface area contributed by atoms with Crippen LogP contribution in [0, 0.1) is 0 Å². The van der Waals surface area contributed by atoms with Crippen LogP contribution in [0.4, 0.5) is 0 Å². The first-order valence-electron chi connectivity index (χ1n) is 11.6. The maximum atomic E-state index is 13.6. The van der Waals surface area contributed by atoms with E-state index in [0.29, 0.717) is 30.2 Å². The number of amides is 1. The third-order valence-corrected chi connectivity index (χ3v) is 7.88. The van der Waals surface area contributed by atoms with Crippen LogP contribution >= 0.6 is 0 Å². The van der Waals surface area contributed by atoms with E-state index in [2.05, 4.69) is 0 Å². The number of carbonyl (C=O) groups excluding carboxylic acids is 1. The lowest BCUT2D eigenvalue weighted by Crippen LogP contribution is -2.51. The Hall–Kier alpha value is -3.30. The lowest BCUT2D eigenvalue weighted by molar-refractivity contribution is -0.133. The molecule has 9 heteroatoms. The van der Waals surface area contributed by atoms with Crippen LogP contribution in [0.1, 0.15) is 32.1 Å². The minimum absolute atomic E-state index is 0.149. The number of ether oxygens (including phenoxy) is 2. The zero-order valence-corrected chi connectivity index (χ0v) is 22.2. The van der Waals surface area contributed by atoms with Gasteiger partial charge in [0.2, 0.25) is 15.9 Å². The van der Waals surface area contributed by atoms with E-state index in [1.807, 2.05) is 18.2 Å². The van der Waals surface area contributed by atoms with Gasteiger partial charge in [-0.25, -0.2) is 8.42 Å². The van der Waals surface area contributed by atoms with Gasteiger partial charge in [0.25, 0.3) is 0 Å². The van der Waals surface area contributed by atoms with Gasteiger partial charge < -0.3 is 18.8 Å². The predicted octanol–water partition coefficient (Wildman–Crippen LogP) is 4.36. The molecule has 1 aromatic heterocycles. The van der Waals surface area contributed by atoms with Crippen LogP contribution < -0.4 is 9.47 Å². The number of carbonyl (C=O) groups is 1. The van der Waals surface area contributed by atoms with Gasteiger partial charge >= 0.3 is 0 Å². The zero-order valence-electron chi connectivity index (χ0n) is 21.4. The Morgan fingerprint density at radius 1 is 0.944 bits per heavy atom. The Kier molecular flexibility index (Phi) is 8.81. The molecule has 0 atom stereocenters. The van der Waals surface area contributed by atoms with Crippen LogP contribution in [0.25, 0.3) is 0 Å². The average Bonchev–Trinajstić information content (AvgIpc) is 3.37. The van der Waals surface area contributed by atoms with E-state index in [0.717, 1.165) is 5.56 Å². The maximum Gasteiger partial charge on any atom is 0.244 e. The molecule has 0 N–H and O–H groups in total. The highest BCUT2D eigenvalue weighted by Crippen LogP contribution is 2.28. The number of hydrogen-bond donors (Lipinski definition) is 0. The molecule has 3 aromatic rings. The Bertz CT molecular complexity index is 1240. The molecule has 0 saturated heterocycles. The van der Waals surface area contributed by atoms with E-state index in [1.165, 1.54) is 16.4 Å². The van der Waals surface area contributed by atoms with Crippen molar-refractivity contribution in [1.29, 1.82) is 0 Å². The summed E-state index contributed by atoms with van der Waals surface area (Å²) in [5, 5.41) is 0. The highest BCUT2D eigenvalue weighted by atomic mass is 32.2. The number of furan rings is 1. The van der Waals surface area contributed by atoms with Crippen molar-refractivity contribution in [3.63, 3.8) is 0 Å². The van der Waals surface area contributed by atoms with Crippen LogP contribution in [-0.4, -0.2) is 56.4 Å². The number of hydrogen-bond acceptors (Lipinski definition) is 6. The second kappa shape index (κ2) is 11.6. The van der Waals surface area contributed by atoms with Gasteiger partial charge in [0.05, 0.1) is 38.5 Å². The van der Waals surface area contributed by atoms with Crippen molar-refractivity contribution >= 4 is 15.9 Å². The molecule has 0 aliphatic rings. The van der Waals surface area contributed by atoms with Crippen molar-refractivity contribution in [2.24, 2.45) is 0 Å². The van der Waals surface area contributed by atoms with Crippen molar-refractivity contribution in [2.75, 3.05) is 27.3 Å². The van der Waals surface area contributed by atoms with Gasteiger partial charge in [-0.05, 0) is 69.2 Å². The topological polar surface area (TPSA) is 89.3 Å². The molecule has 8 nitrogen and oxygen atoms in total. The summed E-state index contributed by atoms with van der Waals surface area (Å²) in [5.41, 5.74) is 0.138. The first kappa shape index (κ1) is 27.3. The number of sulfonamides is 1. The largest absolute Gasteiger partial charge is 0.493 e. The van der Waals surface area contributed by atoms with E-state index in [9.17, 15) is 13.2 Å². The summed E-state index contributed by atoms with van der Waals surface area (Å²) in [6, 6.07) is 17.3. The number of nitrogens with zero attached hydrogens (tertiary/aromatic N) is 2. The second-order valence-corrected chi connectivity index (χ2v) is 11.2. The van der Waals surface area contributed by atoms with Crippen LogP contribution in [0.15, 0.2) is 76.2 Å². The molecule has 0 fully saturated rings. The molecule has 36 heavy (non-hydrogen) atoms. The van der Waals surface area contributed by atoms with Gasteiger partial charge in [-0.1, -0.05) is 24.3 Å². The van der Waals surface area contributed by atoms with E-state index in [4.69, 9.17) is 13.9 Å². The fourth-order valence-corrected chi connectivity index (χ4v) is 5.57. The minimum atomic E-state index is -3.90. The third-order valence-electron chi connectivity index (χ3n) is 5.76. The standard InChI is InChI=1S/C27H34N2O6S/c1-27(2,3)29(36(31,32)23-11-7-6-8-12-23)20-26(30)28(19-22-10-9-17-35-22)16-15-21-13-14-24(33-4)25(18-21)34-5/h6-14,17-18H,15-16,19-20H2,1-5H3. The Morgan fingerprint density at radius 3 is 2.22 bits per heavy atom. The van der Waals surface area contributed by atoms with Crippen molar-refractivity contribution in [3.05, 3.63) is 78.3 Å². The fourth-order valence-electron chi connectivity index (χ4n) is 3.81. The van der Waals surface area contributed by atoms with Gasteiger partial charge in [0.1, 0.15) is 5.76 Å². The van der Waals surface area contributed by atoms with Crippen molar-refractivity contribution in [3.8, 4) is 11.5 Å². The molecule has 0 aliphatic heterocycles. The van der Waals surface area contributed by atoms with Crippen LogP contribution in [0.5, 0.6) is 11.5 Å². The molecule has 0 unspecified atom stereocenters. The molecule has 3 rings (SSSR count). The Morgan fingerprint density at radius 2 is 1.64 bits per heavy atom. The van der Waals surface area contributed by atoms with Gasteiger partial charge in [-0.2, -0.15) is 4.31 Å². The fraction of sp³-hybridized carbons (Fsp3) is 0.370. The molecule has 2 aromatic carbocycles. The number of rotatable bonds is 11. The van der Waals surface area contributed by atoms with E-state index in [1.54, 1.807) is 76.5 Å². The molecule has 0 radical (unpaired) electrons. The number of methoxy groups -OCH3 is 2. The summed E-state index contributed by atoms with van der Waals surface area (Å²) in [4.78, 5) is 15.4. The third kappa shape index (κ3) is 6.67. The monoisotopic (exact) mass is 514 g/mol. The molecule has 0 aliphatic carbocycles. The highest BCUT2D eigenvalue weighted by molar-refractivity contribution is 7.89. The molecule has 0 bridgehead atoms. The summed E-state index contributed by atoms with van der Waals surface area (Å²) in [6.45, 7) is 5.62. The average molecular weight is 515 g/mol. The molecular weight excluding hydrogens is 480 g/mol. The first-order chi connectivity index (χ1) is 17.1. The smallest absolute Gasteiger partial charge is 0.244 e. The van der Waals surface area contributed by atoms with Crippen LogP contribution in [-0.2, 0) is 27.8 Å². The zero-order chi connectivity index (χ0) is 26.3. The maximum absolute atomic E-state index is 13.6. The Balaban J connectivity index is 1.85. The molecular formula is C27H34N2O6S. The summed E-state index contributed by atoms with van der Waals surface area (Å²) in [6.07, 6.45) is 2.08. The number of benzene rings is 2. The lowest BCUT2D eigenvalue weighted by Gasteiger charge is -2.35. The van der Waals surface area contributed by atoms with Gasteiger partial charge in [0.15, 0.2) is 11.5 Å². The predicted molar refractivity (Wildman–Crippen MR) is 137 cm³/mol. The normalized spacial score (nSPS) is 11.9. The molecule has 0 spiro atoms. The van der Waals surface area contributed by atoms with Gasteiger partial charge in [-0.3, -0.25) is 4.79 Å². The summed E-state index contributed by atoms with van der Waals surface area (Å²) in [5.74, 6) is 1.52. The van der Waals surface area contributed by atoms with Gasteiger partial charge in [-0.15, -0.1) is 0 Å². The van der Waals surface area contributed by atoms with E-state index in [-0.39, 0.29) is 23.9 Å². The van der Waals surface area contributed by atoms with Crippen molar-refractivity contribution in [1.82, 2.24) is 9.21 Å². The second-order valence-electron chi connectivity index (χ2n) is 9.33. The first-order valence-corrected chi connectivity index (χ1v) is 13.1. The van der Waals surface area contributed by atoms with E-state index < -0.39 is 15.6 Å². The molecule has 1 amide bonds. The molecule has 194 valence electrons. The van der Waals surface area contributed by atoms with Gasteiger partial charge in [0, 0.05) is 12.1 Å². The highest BCUT2D eigenvalue weighted by Gasteiger charge is 2.36. The van der Waals surface area contributed by atoms with Crippen LogP contribution in [0.3, 0.4) is 0 Å². The Labute approximate surface area is 213 Å². The van der Waals surface area contributed by atoms with Crippen molar-refractivity contribution < 1.29 is 27.1 Å². The quantitative estimate of drug-likeness (QED) is 0.378. The molecule has 0 saturated carbocycles. The summed E-state index contributed by atoms with van der Waals surface area (Å²) in [7, 11) is -0.754.